The Kier molecular flexibility index (Phi) is 9.99. The van der Waals surface area contributed by atoms with Crippen LogP contribution in [0.5, 0.6) is 0 Å². The number of aliphatic hydroxyl groups is 1. The van der Waals surface area contributed by atoms with E-state index in [1.54, 1.807) is 0 Å². The van der Waals surface area contributed by atoms with Crippen LogP contribution < -0.4 is 5.32 Å². The number of hydrogen-bond acceptors (Lipinski definition) is 6. The Morgan fingerprint density at radius 2 is 1.73 bits per heavy atom. The molecule has 1 saturated heterocycles. The Morgan fingerprint density at radius 1 is 1.07 bits per heavy atom. The second-order valence-corrected chi connectivity index (χ2v) is 12.2. The maximum Gasteiger partial charge on any atom is 0.469 e. The third-order valence-corrected chi connectivity index (χ3v) is 8.12. The Labute approximate surface area is 256 Å². The van der Waals surface area contributed by atoms with E-state index in [9.17, 15) is 24.3 Å². The minimum Gasteiger partial charge on any atom is -0.391 e. The fourth-order valence-corrected chi connectivity index (χ4v) is 5.75. The van der Waals surface area contributed by atoms with E-state index < -0.39 is 44.5 Å². The highest BCUT2D eigenvalue weighted by molar-refractivity contribution is 7.46. The number of phosphoric ester groups is 1. The van der Waals surface area contributed by atoms with Crippen LogP contribution in [0, 0.1) is 24.7 Å². The Bertz CT molecular complexity index is 1690. The second kappa shape index (κ2) is 13.9. The number of para-hydroxylation sites is 1. The average Bonchev–Trinajstić information content (AvgIpc) is 3.57. The summed E-state index contributed by atoms with van der Waals surface area (Å²) >= 11 is 0. The quantitative estimate of drug-likeness (QED) is 0.134. The predicted molar refractivity (Wildman–Crippen MR) is 166 cm³/mol. The molecule has 1 aromatic heterocycles. The molecule has 0 aliphatic carbocycles. The number of hydrogen-bond donors (Lipinski definition) is 5. The van der Waals surface area contributed by atoms with Crippen LogP contribution in [-0.4, -0.2) is 62.2 Å². The third kappa shape index (κ3) is 8.03. The lowest BCUT2D eigenvalue weighted by Crippen LogP contribution is -2.48. The summed E-state index contributed by atoms with van der Waals surface area (Å²) in [5.41, 5.74) is 5.77. The number of hydroxylamine groups is 2. The number of H-pyrrole nitrogens is 1. The molecule has 11 heteroatoms. The van der Waals surface area contributed by atoms with Crippen LogP contribution in [0.1, 0.15) is 34.7 Å². The van der Waals surface area contributed by atoms with Crippen molar-refractivity contribution < 1.29 is 33.6 Å². The van der Waals surface area contributed by atoms with E-state index in [4.69, 9.17) is 9.36 Å². The van der Waals surface area contributed by atoms with Crippen LogP contribution in [0.3, 0.4) is 0 Å². The fraction of sp³-hybridized carbons (Fsp3) is 0.303. The van der Waals surface area contributed by atoms with Gasteiger partial charge in [-0.1, -0.05) is 59.9 Å². The van der Waals surface area contributed by atoms with Crippen LogP contribution in [0.2, 0.25) is 0 Å². The van der Waals surface area contributed by atoms with E-state index in [1.807, 2.05) is 85.9 Å². The number of amides is 1. The SMILES string of the molecule is Cc1ccc(C#Cc2ccc(CN3O[C@@H]([C@H](C)O)[C@@H](COP(=O)(O)O)[C@H]3C(=O)NCCc3c[nH]c4ccccc34)cc2)cc1. The number of aromatic nitrogens is 1. The van der Waals surface area contributed by atoms with Gasteiger partial charge in [-0.05, 0) is 61.7 Å². The van der Waals surface area contributed by atoms with Crippen molar-refractivity contribution in [3.8, 4) is 11.8 Å². The Balaban J connectivity index is 1.31. The number of carbonyl (C=O) groups is 1. The zero-order chi connectivity index (χ0) is 31.3. The van der Waals surface area contributed by atoms with Gasteiger partial charge in [0, 0.05) is 40.7 Å². The summed E-state index contributed by atoms with van der Waals surface area (Å²) in [6, 6.07) is 22.4. The van der Waals surface area contributed by atoms with Crippen molar-refractivity contribution in [2.24, 2.45) is 5.92 Å². The lowest BCUT2D eigenvalue weighted by atomic mass is 9.92. The molecule has 230 valence electrons. The summed E-state index contributed by atoms with van der Waals surface area (Å²) in [5, 5.41) is 16.0. The van der Waals surface area contributed by atoms with Crippen LogP contribution in [0.4, 0.5) is 0 Å². The molecule has 1 aliphatic heterocycles. The first-order valence-corrected chi connectivity index (χ1v) is 15.9. The summed E-state index contributed by atoms with van der Waals surface area (Å²) in [5.74, 6) is 5.05. The molecule has 10 nitrogen and oxygen atoms in total. The van der Waals surface area contributed by atoms with Crippen molar-refractivity contribution >= 4 is 24.6 Å². The number of aliphatic hydroxyl groups excluding tert-OH is 1. The Morgan fingerprint density at radius 3 is 2.39 bits per heavy atom. The van der Waals surface area contributed by atoms with Gasteiger partial charge in [0.15, 0.2) is 0 Å². The van der Waals surface area contributed by atoms with Gasteiger partial charge >= 0.3 is 7.82 Å². The number of fused-ring (bicyclic) bond motifs is 1. The van der Waals surface area contributed by atoms with E-state index in [0.29, 0.717) is 13.0 Å². The lowest BCUT2D eigenvalue weighted by Gasteiger charge is -2.25. The van der Waals surface area contributed by atoms with Crippen molar-refractivity contribution in [1.82, 2.24) is 15.4 Å². The van der Waals surface area contributed by atoms with Gasteiger partial charge in [0.1, 0.15) is 12.1 Å². The molecule has 1 aliphatic rings. The van der Waals surface area contributed by atoms with Crippen molar-refractivity contribution in [2.75, 3.05) is 13.2 Å². The van der Waals surface area contributed by atoms with Gasteiger partial charge in [0.2, 0.25) is 5.91 Å². The highest BCUT2D eigenvalue weighted by Gasteiger charge is 2.49. The molecule has 3 aromatic carbocycles. The van der Waals surface area contributed by atoms with E-state index in [-0.39, 0.29) is 6.54 Å². The van der Waals surface area contributed by atoms with Crippen molar-refractivity contribution in [3.63, 3.8) is 0 Å². The molecule has 44 heavy (non-hydrogen) atoms. The van der Waals surface area contributed by atoms with Crippen molar-refractivity contribution in [1.29, 1.82) is 0 Å². The first kappa shape index (κ1) is 31.6. The topological polar surface area (TPSA) is 144 Å². The number of nitrogens with one attached hydrogen (secondary N) is 2. The first-order valence-electron chi connectivity index (χ1n) is 14.4. The summed E-state index contributed by atoms with van der Waals surface area (Å²) in [4.78, 5) is 41.7. The van der Waals surface area contributed by atoms with Gasteiger partial charge < -0.3 is 25.2 Å². The zero-order valence-corrected chi connectivity index (χ0v) is 25.4. The molecule has 4 atom stereocenters. The summed E-state index contributed by atoms with van der Waals surface area (Å²) in [6.45, 7) is 3.55. The van der Waals surface area contributed by atoms with Crippen LogP contribution in [0.15, 0.2) is 79.0 Å². The molecule has 2 heterocycles. The van der Waals surface area contributed by atoms with Gasteiger partial charge in [0.25, 0.3) is 0 Å². The van der Waals surface area contributed by atoms with Crippen LogP contribution >= 0.6 is 7.82 Å². The van der Waals surface area contributed by atoms with Gasteiger partial charge in [-0.15, -0.1) is 0 Å². The zero-order valence-electron chi connectivity index (χ0n) is 24.5. The molecule has 0 unspecified atom stereocenters. The molecule has 0 saturated carbocycles. The normalized spacial score (nSPS) is 19.4. The minimum absolute atomic E-state index is 0.182. The van der Waals surface area contributed by atoms with Crippen molar-refractivity contribution in [3.05, 3.63) is 107 Å². The molecule has 5 rings (SSSR count). The highest BCUT2D eigenvalue weighted by Crippen LogP contribution is 2.40. The predicted octanol–water partition coefficient (Wildman–Crippen LogP) is 3.83. The molecule has 1 fully saturated rings. The third-order valence-electron chi connectivity index (χ3n) is 7.64. The van der Waals surface area contributed by atoms with E-state index >= 15 is 0 Å². The number of carbonyl (C=O) groups excluding carboxylic acids is 1. The van der Waals surface area contributed by atoms with Gasteiger partial charge in [-0.25, -0.2) is 4.57 Å². The number of aromatic amines is 1. The maximum atomic E-state index is 13.6. The monoisotopic (exact) mass is 617 g/mol. The molecule has 4 aromatic rings. The number of nitrogens with zero attached hydrogens (tertiary/aromatic N) is 1. The maximum absolute atomic E-state index is 13.6. The Hall–Kier alpha value is -3.78. The highest BCUT2D eigenvalue weighted by atomic mass is 31.2. The van der Waals surface area contributed by atoms with Gasteiger partial charge in [-0.2, -0.15) is 5.06 Å². The number of rotatable bonds is 10. The number of aryl methyl sites for hydroxylation is 1. The molecular weight excluding hydrogens is 581 g/mol. The lowest BCUT2D eigenvalue weighted by molar-refractivity contribution is -0.192. The second-order valence-electron chi connectivity index (χ2n) is 11.0. The van der Waals surface area contributed by atoms with E-state index in [2.05, 4.69) is 22.1 Å². The number of phosphoric acid groups is 1. The van der Waals surface area contributed by atoms with Gasteiger partial charge in [-0.3, -0.25) is 14.2 Å². The van der Waals surface area contributed by atoms with Gasteiger partial charge in [0.05, 0.1) is 19.3 Å². The summed E-state index contributed by atoms with van der Waals surface area (Å²) < 4.78 is 16.4. The molecule has 0 spiro atoms. The smallest absolute Gasteiger partial charge is 0.391 e. The molecular formula is C33H36N3O7P. The summed E-state index contributed by atoms with van der Waals surface area (Å²) in [6.07, 6.45) is 0.520. The average molecular weight is 618 g/mol. The minimum atomic E-state index is -4.84. The molecule has 0 bridgehead atoms. The van der Waals surface area contributed by atoms with Crippen molar-refractivity contribution in [2.45, 2.75) is 45.1 Å². The first-order chi connectivity index (χ1) is 21.1. The number of benzene rings is 3. The molecule has 1 amide bonds. The standard InChI is InChI=1S/C33H36N3O7P/c1-22-7-9-24(10-8-22)11-12-25-13-15-26(16-14-25)20-36-31(29(21-42-44(39,40)41)32(43-36)23(2)37)33(38)34-18-17-27-19-35-30-6-4-3-5-28(27)30/h3-10,13-16,19,23,29,31-32,35,37H,17-18,20-21H2,1-2H3,(H,34,38)(H2,39,40,41)/t23-,29-,31-,32-/m0/s1. The van der Waals surface area contributed by atoms with Crippen LogP contribution in [-0.2, 0) is 31.7 Å². The fourth-order valence-electron chi connectivity index (χ4n) is 5.39. The summed E-state index contributed by atoms with van der Waals surface area (Å²) in [7, 11) is -4.84. The van der Waals surface area contributed by atoms with E-state index in [1.165, 1.54) is 17.6 Å². The van der Waals surface area contributed by atoms with Crippen LogP contribution in [0.25, 0.3) is 10.9 Å². The van der Waals surface area contributed by atoms with E-state index in [0.717, 1.165) is 33.2 Å². The largest absolute Gasteiger partial charge is 0.469 e. The molecule has 5 N–H and O–H groups in total. The molecule has 0 radical (unpaired) electrons.